The standard InChI is InChI=1S/C12H14/c1-4-7-11-9-6-8-10(3)12(11)5-2/h4-9H,2H2,1,3H3/b7-4-. The fourth-order valence-corrected chi connectivity index (χ4v) is 1.31. The molecule has 0 amide bonds. The van der Waals surface area contributed by atoms with Gasteiger partial charge < -0.3 is 0 Å². The molecule has 0 bridgehead atoms. The first-order valence-corrected chi connectivity index (χ1v) is 4.14. The summed E-state index contributed by atoms with van der Waals surface area (Å²) in [4.78, 5) is 0. The van der Waals surface area contributed by atoms with Crippen molar-refractivity contribution in [1.29, 1.82) is 0 Å². The highest BCUT2D eigenvalue weighted by atomic mass is 14.0. The van der Waals surface area contributed by atoms with Crippen molar-refractivity contribution in [3.8, 4) is 0 Å². The van der Waals surface area contributed by atoms with E-state index >= 15 is 0 Å². The van der Waals surface area contributed by atoms with Crippen molar-refractivity contribution < 1.29 is 0 Å². The summed E-state index contributed by atoms with van der Waals surface area (Å²) in [6.07, 6.45) is 6.05. The second kappa shape index (κ2) is 3.91. The molecule has 0 saturated carbocycles. The van der Waals surface area contributed by atoms with Crippen molar-refractivity contribution in [2.45, 2.75) is 13.8 Å². The lowest BCUT2D eigenvalue weighted by Gasteiger charge is -2.03. The van der Waals surface area contributed by atoms with Crippen LogP contribution in [-0.2, 0) is 0 Å². The van der Waals surface area contributed by atoms with Gasteiger partial charge in [0.15, 0.2) is 0 Å². The first-order valence-electron chi connectivity index (χ1n) is 4.14. The molecule has 0 radical (unpaired) electrons. The average molecular weight is 158 g/mol. The zero-order valence-electron chi connectivity index (χ0n) is 7.67. The largest absolute Gasteiger partial charge is 0.0984 e. The van der Waals surface area contributed by atoms with Gasteiger partial charge in [-0.2, -0.15) is 0 Å². The minimum Gasteiger partial charge on any atom is -0.0984 e. The van der Waals surface area contributed by atoms with Gasteiger partial charge in [0.05, 0.1) is 0 Å². The number of hydrogen-bond donors (Lipinski definition) is 0. The number of benzene rings is 1. The molecular weight excluding hydrogens is 144 g/mol. The Balaban J connectivity index is 3.27. The lowest BCUT2D eigenvalue weighted by Crippen LogP contribution is -1.84. The molecule has 0 unspecified atom stereocenters. The Kier molecular flexibility index (Phi) is 2.87. The maximum atomic E-state index is 3.80. The summed E-state index contributed by atoms with van der Waals surface area (Å²) in [6, 6.07) is 6.27. The summed E-state index contributed by atoms with van der Waals surface area (Å²) in [7, 11) is 0. The fourth-order valence-electron chi connectivity index (χ4n) is 1.31. The van der Waals surface area contributed by atoms with Gasteiger partial charge in [-0.1, -0.05) is 43.0 Å². The number of rotatable bonds is 2. The van der Waals surface area contributed by atoms with Crippen LogP contribution in [0.25, 0.3) is 12.2 Å². The number of aryl methyl sites for hydroxylation is 1. The summed E-state index contributed by atoms with van der Waals surface area (Å²) in [5.74, 6) is 0. The minimum atomic E-state index is 1.23. The van der Waals surface area contributed by atoms with Gasteiger partial charge in [-0.05, 0) is 30.5 Å². The molecule has 0 aliphatic heterocycles. The zero-order valence-corrected chi connectivity index (χ0v) is 7.67. The lowest BCUT2D eigenvalue weighted by molar-refractivity contribution is 1.43. The van der Waals surface area contributed by atoms with E-state index in [2.05, 4.69) is 37.8 Å². The first kappa shape index (κ1) is 8.79. The van der Waals surface area contributed by atoms with Gasteiger partial charge >= 0.3 is 0 Å². The molecule has 0 atom stereocenters. The summed E-state index contributed by atoms with van der Waals surface area (Å²) in [5.41, 5.74) is 3.75. The number of allylic oxidation sites excluding steroid dienone is 1. The van der Waals surface area contributed by atoms with Crippen molar-refractivity contribution in [3.63, 3.8) is 0 Å². The summed E-state index contributed by atoms with van der Waals surface area (Å²) >= 11 is 0. The Morgan fingerprint density at radius 1 is 1.33 bits per heavy atom. The van der Waals surface area contributed by atoms with Crippen LogP contribution in [0.1, 0.15) is 23.6 Å². The molecule has 12 heavy (non-hydrogen) atoms. The molecule has 0 spiro atoms. The van der Waals surface area contributed by atoms with E-state index in [9.17, 15) is 0 Å². The molecule has 0 nitrogen and oxygen atoms in total. The van der Waals surface area contributed by atoms with Crippen LogP contribution < -0.4 is 0 Å². The SMILES string of the molecule is C=Cc1c(C)cccc1/C=C\C. The predicted octanol–water partition coefficient (Wildman–Crippen LogP) is 3.67. The molecule has 0 N–H and O–H groups in total. The normalized spacial score (nSPS) is 10.5. The lowest BCUT2D eigenvalue weighted by atomic mass is 10.0. The topological polar surface area (TPSA) is 0 Å². The third-order valence-electron chi connectivity index (χ3n) is 1.91. The minimum absolute atomic E-state index is 1.23. The Bertz CT molecular complexity index is 306. The van der Waals surface area contributed by atoms with Crippen LogP contribution >= 0.6 is 0 Å². The monoisotopic (exact) mass is 158 g/mol. The van der Waals surface area contributed by atoms with E-state index in [-0.39, 0.29) is 0 Å². The van der Waals surface area contributed by atoms with E-state index in [1.807, 2.05) is 19.1 Å². The van der Waals surface area contributed by atoms with E-state index in [4.69, 9.17) is 0 Å². The van der Waals surface area contributed by atoms with E-state index in [1.54, 1.807) is 0 Å². The molecule has 1 aromatic carbocycles. The number of hydrogen-bond acceptors (Lipinski definition) is 0. The fraction of sp³-hybridized carbons (Fsp3) is 0.167. The van der Waals surface area contributed by atoms with Crippen molar-refractivity contribution in [2.75, 3.05) is 0 Å². The smallest absolute Gasteiger partial charge is 0.0161 e. The molecule has 0 fully saturated rings. The third-order valence-corrected chi connectivity index (χ3v) is 1.91. The van der Waals surface area contributed by atoms with Gasteiger partial charge in [0.1, 0.15) is 0 Å². The van der Waals surface area contributed by atoms with E-state index in [0.717, 1.165) is 0 Å². The molecule has 0 aliphatic rings. The molecule has 0 saturated heterocycles. The zero-order chi connectivity index (χ0) is 8.97. The van der Waals surface area contributed by atoms with E-state index in [0.29, 0.717) is 0 Å². The van der Waals surface area contributed by atoms with Crippen molar-refractivity contribution in [3.05, 3.63) is 47.5 Å². The van der Waals surface area contributed by atoms with Gasteiger partial charge in [-0.25, -0.2) is 0 Å². The van der Waals surface area contributed by atoms with Crippen LogP contribution in [-0.4, -0.2) is 0 Å². The Hall–Kier alpha value is -1.30. The van der Waals surface area contributed by atoms with E-state index < -0.39 is 0 Å². The van der Waals surface area contributed by atoms with Crippen LogP contribution in [0.4, 0.5) is 0 Å². The summed E-state index contributed by atoms with van der Waals surface area (Å²) < 4.78 is 0. The molecule has 1 rings (SSSR count). The second-order valence-electron chi connectivity index (χ2n) is 2.78. The van der Waals surface area contributed by atoms with Crippen LogP contribution in [0.15, 0.2) is 30.9 Å². The van der Waals surface area contributed by atoms with Gasteiger partial charge in [0.2, 0.25) is 0 Å². The average Bonchev–Trinajstić information content (AvgIpc) is 2.05. The Morgan fingerprint density at radius 2 is 2.08 bits per heavy atom. The molecular formula is C12H14. The maximum absolute atomic E-state index is 3.80. The summed E-state index contributed by atoms with van der Waals surface area (Å²) in [5, 5.41) is 0. The molecule has 0 heterocycles. The highest BCUT2D eigenvalue weighted by Crippen LogP contribution is 2.16. The molecule has 0 aromatic heterocycles. The van der Waals surface area contributed by atoms with Crippen LogP contribution in [0.2, 0.25) is 0 Å². The van der Waals surface area contributed by atoms with Gasteiger partial charge in [0.25, 0.3) is 0 Å². The quantitative estimate of drug-likeness (QED) is 0.616. The maximum Gasteiger partial charge on any atom is -0.0161 e. The Morgan fingerprint density at radius 3 is 2.67 bits per heavy atom. The Labute approximate surface area is 74.2 Å². The van der Waals surface area contributed by atoms with Gasteiger partial charge in [0, 0.05) is 0 Å². The molecule has 1 aromatic rings. The summed E-state index contributed by atoms with van der Waals surface area (Å²) in [6.45, 7) is 7.93. The van der Waals surface area contributed by atoms with Crippen LogP contribution in [0, 0.1) is 6.92 Å². The first-order chi connectivity index (χ1) is 5.79. The second-order valence-corrected chi connectivity index (χ2v) is 2.78. The van der Waals surface area contributed by atoms with E-state index in [1.165, 1.54) is 16.7 Å². The van der Waals surface area contributed by atoms with Crippen molar-refractivity contribution in [2.24, 2.45) is 0 Å². The van der Waals surface area contributed by atoms with Gasteiger partial charge in [-0.15, -0.1) is 0 Å². The van der Waals surface area contributed by atoms with Crippen molar-refractivity contribution >= 4 is 12.2 Å². The molecule has 62 valence electrons. The highest BCUT2D eigenvalue weighted by Gasteiger charge is 1.96. The van der Waals surface area contributed by atoms with Crippen LogP contribution in [0.3, 0.4) is 0 Å². The predicted molar refractivity (Wildman–Crippen MR) is 56.0 cm³/mol. The molecule has 0 heteroatoms. The highest BCUT2D eigenvalue weighted by molar-refractivity contribution is 5.66. The van der Waals surface area contributed by atoms with Crippen molar-refractivity contribution in [1.82, 2.24) is 0 Å². The van der Waals surface area contributed by atoms with Crippen LogP contribution in [0.5, 0.6) is 0 Å². The van der Waals surface area contributed by atoms with Gasteiger partial charge in [-0.3, -0.25) is 0 Å². The molecule has 0 aliphatic carbocycles. The third kappa shape index (κ3) is 1.65.